The minimum Gasteiger partial charge on any atom is -0.306 e. The van der Waals surface area contributed by atoms with E-state index in [-0.39, 0.29) is 11.6 Å². The fourth-order valence-corrected chi connectivity index (χ4v) is 2.16. The Kier molecular flexibility index (Phi) is 3.06. The summed E-state index contributed by atoms with van der Waals surface area (Å²) in [5, 5.41) is 2.77. The Morgan fingerprint density at radius 1 is 1.33 bits per heavy atom. The number of aromatic amines is 1. The molecule has 1 amide bonds. The molecule has 3 aromatic rings. The van der Waals surface area contributed by atoms with E-state index in [0.717, 1.165) is 5.56 Å². The first-order valence-corrected chi connectivity index (χ1v) is 6.48. The number of hydrogen-bond donors (Lipinski definition) is 2. The summed E-state index contributed by atoms with van der Waals surface area (Å²) in [5.74, 6) is 0.276. The summed E-state index contributed by atoms with van der Waals surface area (Å²) in [6.07, 6.45) is 1.63. The van der Waals surface area contributed by atoms with Crippen LogP contribution in [-0.4, -0.2) is 20.4 Å². The second-order valence-electron chi connectivity index (χ2n) is 4.84. The summed E-state index contributed by atoms with van der Waals surface area (Å²) in [5.41, 5.74) is 2.55. The zero-order valence-electron chi connectivity index (χ0n) is 11.7. The van der Waals surface area contributed by atoms with E-state index in [1.165, 1.54) is 4.57 Å². The maximum atomic E-state index is 12.3. The number of imidazole rings is 1. The highest BCUT2D eigenvalue weighted by Gasteiger charge is 2.11. The molecule has 0 saturated carbocycles. The molecule has 21 heavy (non-hydrogen) atoms. The van der Waals surface area contributed by atoms with Gasteiger partial charge >= 0.3 is 5.69 Å². The minimum absolute atomic E-state index is 0.205. The van der Waals surface area contributed by atoms with Gasteiger partial charge in [-0.2, -0.15) is 0 Å². The molecule has 0 fully saturated rings. The highest BCUT2D eigenvalue weighted by Crippen LogP contribution is 2.15. The largest absolute Gasteiger partial charge is 0.326 e. The van der Waals surface area contributed by atoms with E-state index >= 15 is 0 Å². The molecule has 0 unspecified atom stereocenters. The van der Waals surface area contributed by atoms with E-state index in [1.54, 1.807) is 31.4 Å². The van der Waals surface area contributed by atoms with Gasteiger partial charge in [0.1, 0.15) is 5.82 Å². The highest BCUT2D eigenvalue weighted by molar-refractivity contribution is 6.05. The van der Waals surface area contributed by atoms with E-state index in [2.05, 4.69) is 15.3 Å². The van der Waals surface area contributed by atoms with Gasteiger partial charge in [-0.15, -0.1) is 0 Å². The Hall–Kier alpha value is -2.89. The van der Waals surface area contributed by atoms with Crippen molar-refractivity contribution in [2.24, 2.45) is 7.05 Å². The monoisotopic (exact) mass is 282 g/mol. The lowest BCUT2D eigenvalue weighted by Crippen LogP contribution is -2.14. The van der Waals surface area contributed by atoms with Gasteiger partial charge in [-0.05, 0) is 36.8 Å². The molecule has 2 heterocycles. The molecule has 0 spiro atoms. The van der Waals surface area contributed by atoms with Gasteiger partial charge in [0.05, 0.1) is 11.0 Å². The SMILES string of the molecule is Cc1cccnc1NC(=O)c1ccc2[nH]c(=O)n(C)c2c1. The zero-order chi connectivity index (χ0) is 15.0. The number of rotatable bonds is 2. The molecule has 1 aromatic carbocycles. The Morgan fingerprint density at radius 2 is 2.14 bits per heavy atom. The van der Waals surface area contributed by atoms with E-state index in [9.17, 15) is 9.59 Å². The van der Waals surface area contributed by atoms with E-state index in [0.29, 0.717) is 22.4 Å². The third-order valence-corrected chi connectivity index (χ3v) is 3.41. The number of amides is 1. The highest BCUT2D eigenvalue weighted by atomic mass is 16.2. The summed E-state index contributed by atoms with van der Waals surface area (Å²) in [7, 11) is 1.66. The van der Waals surface area contributed by atoms with Crippen LogP contribution in [0, 0.1) is 6.92 Å². The molecule has 2 aromatic heterocycles. The molecule has 6 heteroatoms. The van der Waals surface area contributed by atoms with E-state index in [4.69, 9.17) is 0 Å². The first-order chi connectivity index (χ1) is 10.1. The summed E-state index contributed by atoms with van der Waals surface area (Å²) < 4.78 is 1.47. The van der Waals surface area contributed by atoms with Gasteiger partial charge in [-0.25, -0.2) is 9.78 Å². The van der Waals surface area contributed by atoms with Gasteiger partial charge in [0.15, 0.2) is 0 Å². The zero-order valence-corrected chi connectivity index (χ0v) is 11.7. The van der Waals surface area contributed by atoms with Crippen molar-refractivity contribution in [3.63, 3.8) is 0 Å². The number of aryl methyl sites for hydroxylation is 2. The van der Waals surface area contributed by atoms with Crippen LogP contribution in [0.2, 0.25) is 0 Å². The molecule has 106 valence electrons. The number of aromatic nitrogens is 3. The van der Waals surface area contributed by atoms with Gasteiger partial charge in [0.25, 0.3) is 5.91 Å². The number of hydrogen-bond acceptors (Lipinski definition) is 3. The first-order valence-electron chi connectivity index (χ1n) is 6.48. The second-order valence-corrected chi connectivity index (χ2v) is 4.84. The van der Waals surface area contributed by atoms with Crippen LogP contribution in [-0.2, 0) is 7.05 Å². The predicted octanol–water partition coefficient (Wildman–Crippen LogP) is 1.82. The van der Waals surface area contributed by atoms with Crippen molar-refractivity contribution in [2.75, 3.05) is 5.32 Å². The lowest BCUT2D eigenvalue weighted by atomic mass is 10.2. The number of nitrogens with one attached hydrogen (secondary N) is 2. The molecule has 0 bridgehead atoms. The van der Waals surface area contributed by atoms with Crippen LogP contribution in [0.4, 0.5) is 5.82 Å². The molecule has 0 saturated heterocycles. The quantitative estimate of drug-likeness (QED) is 0.752. The Bertz CT molecular complexity index is 892. The minimum atomic E-state index is -0.257. The lowest BCUT2D eigenvalue weighted by molar-refractivity contribution is 0.102. The molecular formula is C15H14N4O2. The topological polar surface area (TPSA) is 79.8 Å². The third kappa shape index (κ3) is 2.31. The summed E-state index contributed by atoms with van der Waals surface area (Å²) >= 11 is 0. The van der Waals surface area contributed by atoms with Crippen LogP contribution < -0.4 is 11.0 Å². The maximum absolute atomic E-state index is 12.3. The average Bonchev–Trinajstić information content (AvgIpc) is 2.76. The van der Waals surface area contributed by atoms with Crippen LogP contribution >= 0.6 is 0 Å². The number of fused-ring (bicyclic) bond motifs is 1. The fraction of sp³-hybridized carbons (Fsp3) is 0.133. The number of anilines is 1. The lowest BCUT2D eigenvalue weighted by Gasteiger charge is -2.07. The Labute approximate surface area is 120 Å². The number of nitrogens with zero attached hydrogens (tertiary/aromatic N) is 2. The van der Waals surface area contributed by atoms with Crippen LogP contribution in [0.1, 0.15) is 15.9 Å². The van der Waals surface area contributed by atoms with Crippen LogP contribution in [0.25, 0.3) is 11.0 Å². The molecule has 0 aliphatic carbocycles. The standard InChI is InChI=1S/C15H14N4O2/c1-9-4-3-7-16-13(9)18-14(20)10-5-6-11-12(8-10)19(2)15(21)17-11/h3-8H,1-2H3,(H,17,21)(H,16,18,20). The van der Waals surface area contributed by atoms with Crippen molar-refractivity contribution in [3.8, 4) is 0 Å². The van der Waals surface area contributed by atoms with Gasteiger partial charge in [-0.1, -0.05) is 6.07 Å². The molecule has 6 nitrogen and oxygen atoms in total. The van der Waals surface area contributed by atoms with Crippen molar-refractivity contribution >= 4 is 22.8 Å². The predicted molar refractivity (Wildman–Crippen MR) is 80.5 cm³/mol. The number of carbonyl (C=O) groups is 1. The van der Waals surface area contributed by atoms with Crippen molar-refractivity contribution in [1.29, 1.82) is 0 Å². The molecule has 0 atom stereocenters. The van der Waals surface area contributed by atoms with Crippen molar-refractivity contribution < 1.29 is 4.79 Å². The van der Waals surface area contributed by atoms with Crippen molar-refractivity contribution in [1.82, 2.24) is 14.5 Å². The summed E-state index contributed by atoms with van der Waals surface area (Å²) in [6, 6.07) is 8.76. The molecule has 0 aliphatic rings. The van der Waals surface area contributed by atoms with E-state index < -0.39 is 0 Å². The summed E-state index contributed by atoms with van der Waals surface area (Å²) in [4.78, 5) is 30.7. The third-order valence-electron chi connectivity index (χ3n) is 3.41. The van der Waals surface area contributed by atoms with Crippen LogP contribution in [0.5, 0.6) is 0 Å². The van der Waals surface area contributed by atoms with Gasteiger partial charge in [-0.3, -0.25) is 9.36 Å². The average molecular weight is 282 g/mol. The number of carbonyl (C=O) groups excluding carboxylic acids is 1. The van der Waals surface area contributed by atoms with Crippen LogP contribution in [0.3, 0.4) is 0 Å². The smallest absolute Gasteiger partial charge is 0.306 e. The number of pyridine rings is 1. The molecular weight excluding hydrogens is 268 g/mol. The number of H-pyrrole nitrogens is 1. The van der Waals surface area contributed by atoms with Gasteiger partial charge in [0.2, 0.25) is 0 Å². The molecule has 0 aliphatic heterocycles. The second kappa shape index (κ2) is 4.90. The molecule has 0 radical (unpaired) electrons. The molecule has 2 N–H and O–H groups in total. The maximum Gasteiger partial charge on any atom is 0.326 e. The summed E-state index contributed by atoms with van der Waals surface area (Å²) in [6.45, 7) is 1.88. The van der Waals surface area contributed by atoms with Crippen molar-refractivity contribution in [3.05, 3.63) is 58.1 Å². The number of benzene rings is 1. The normalized spacial score (nSPS) is 10.8. The van der Waals surface area contributed by atoms with Crippen molar-refractivity contribution in [2.45, 2.75) is 6.92 Å². The van der Waals surface area contributed by atoms with Crippen LogP contribution in [0.15, 0.2) is 41.3 Å². The first kappa shape index (κ1) is 13.1. The fourth-order valence-electron chi connectivity index (χ4n) is 2.16. The van der Waals surface area contributed by atoms with Gasteiger partial charge < -0.3 is 10.3 Å². The Balaban J connectivity index is 1.97. The Morgan fingerprint density at radius 3 is 2.90 bits per heavy atom. The van der Waals surface area contributed by atoms with Gasteiger partial charge in [0, 0.05) is 18.8 Å². The van der Waals surface area contributed by atoms with E-state index in [1.807, 2.05) is 19.1 Å². The molecule has 3 rings (SSSR count).